The average Bonchev–Trinajstić information content (AvgIpc) is 2.15. The fraction of sp³-hybridized carbons (Fsp3) is 0.200. The molecule has 0 bridgehead atoms. The Morgan fingerprint density at radius 3 is 2.57 bits per heavy atom. The molecule has 0 saturated carbocycles. The van der Waals surface area contributed by atoms with Gasteiger partial charge in [-0.1, -0.05) is 0 Å². The molecular formula is C10H11NO3. The van der Waals surface area contributed by atoms with Crippen molar-refractivity contribution < 1.29 is 14.3 Å². The van der Waals surface area contributed by atoms with E-state index in [1.54, 1.807) is 13.0 Å². The fourth-order valence-electron chi connectivity index (χ4n) is 1.33. The van der Waals surface area contributed by atoms with Crippen LogP contribution in [0, 0.1) is 6.92 Å². The molecule has 1 aromatic carbocycles. The lowest BCUT2D eigenvalue weighted by Crippen LogP contribution is -2.15. The molecule has 0 radical (unpaired) electrons. The van der Waals surface area contributed by atoms with Crippen molar-refractivity contribution in [3.05, 3.63) is 28.8 Å². The Bertz CT molecular complexity index is 385. The first-order valence-corrected chi connectivity index (χ1v) is 4.03. The first-order valence-electron chi connectivity index (χ1n) is 4.03. The van der Waals surface area contributed by atoms with Gasteiger partial charge in [-0.2, -0.15) is 0 Å². The van der Waals surface area contributed by atoms with Crippen LogP contribution in [0.15, 0.2) is 12.1 Å². The maximum Gasteiger partial charge on any atom is 0.249 e. The third-order valence-electron chi connectivity index (χ3n) is 1.95. The molecule has 0 aromatic heterocycles. The first kappa shape index (κ1) is 10.2. The molecular weight excluding hydrogens is 182 g/mol. The topological polar surface area (TPSA) is 69.4 Å². The number of rotatable bonds is 3. The largest absolute Gasteiger partial charge is 0.497 e. The minimum Gasteiger partial charge on any atom is -0.497 e. The van der Waals surface area contributed by atoms with E-state index in [9.17, 15) is 9.59 Å². The summed E-state index contributed by atoms with van der Waals surface area (Å²) in [5.74, 6) is -0.0677. The third-order valence-corrected chi connectivity index (χ3v) is 1.95. The Hall–Kier alpha value is -1.84. The molecule has 0 heterocycles. The Morgan fingerprint density at radius 2 is 2.14 bits per heavy atom. The molecule has 1 aromatic rings. The van der Waals surface area contributed by atoms with Crippen molar-refractivity contribution in [3.63, 3.8) is 0 Å². The molecule has 14 heavy (non-hydrogen) atoms. The molecule has 0 saturated heterocycles. The highest BCUT2D eigenvalue weighted by Gasteiger charge is 2.12. The van der Waals surface area contributed by atoms with Gasteiger partial charge < -0.3 is 10.5 Å². The minimum atomic E-state index is -0.604. The normalized spacial score (nSPS) is 9.57. The Morgan fingerprint density at radius 1 is 1.50 bits per heavy atom. The quantitative estimate of drug-likeness (QED) is 0.725. The molecule has 0 aliphatic carbocycles. The van der Waals surface area contributed by atoms with Gasteiger partial charge in [0.2, 0.25) is 5.91 Å². The van der Waals surface area contributed by atoms with Gasteiger partial charge in [-0.15, -0.1) is 0 Å². The van der Waals surface area contributed by atoms with E-state index in [2.05, 4.69) is 0 Å². The number of benzene rings is 1. The second-order valence-corrected chi connectivity index (χ2v) is 2.89. The summed E-state index contributed by atoms with van der Waals surface area (Å²) in [6, 6.07) is 3.15. The highest BCUT2D eigenvalue weighted by Crippen LogP contribution is 2.20. The molecule has 0 spiro atoms. The van der Waals surface area contributed by atoms with E-state index < -0.39 is 5.91 Å². The van der Waals surface area contributed by atoms with E-state index in [4.69, 9.17) is 10.5 Å². The van der Waals surface area contributed by atoms with Crippen LogP contribution in [0.5, 0.6) is 5.75 Å². The van der Waals surface area contributed by atoms with Gasteiger partial charge >= 0.3 is 0 Å². The first-order chi connectivity index (χ1) is 6.60. The lowest BCUT2D eigenvalue weighted by Gasteiger charge is -2.07. The number of hydrogen-bond donors (Lipinski definition) is 1. The monoisotopic (exact) mass is 193 g/mol. The summed E-state index contributed by atoms with van der Waals surface area (Å²) >= 11 is 0. The molecule has 4 heteroatoms. The van der Waals surface area contributed by atoms with Gasteiger partial charge in [-0.3, -0.25) is 9.59 Å². The third kappa shape index (κ3) is 1.74. The summed E-state index contributed by atoms with van der Waals surface area (Å²) < 4.78 is 4.96. The van der Waals surface area contributed by atoms with Crippen molar-refractivity contribution >= 4 is 12.2 Å². The fourth-order valence-corrected chi connectivity index (χ4v) is 1.33. The molecule has 2 N–H and O–H groups in total. The zero-order chi connectivity index (χ0) is 10.7. The number of carbonyl (C=O) groups is 2. The van der Waals surface area contributed by atoms with Crippen LogP contribution < -0.4 is 10.5 Å². The van der Waals surface area contributed by atoms with Gasteiger partial charge in [-0.05, 0) is 24.6 Å². The number of carbonyl (C=O) groups excluding carboxylic acids is 2. The molecule has 0 atom stereocenters. The molecule has 0 aliphatic heterocycles. The van der Waals surface area contributed by atoms with Crippen molar-refractivity contribution in [2.75, 3.05) is 7.11 Å². The van der Waals surface area contributed by atoms with Crippen LogP contribution in [-0.4, -0.2) is 19.3 Å². The zero-order valence-corrected chi connectivity index (χ0v) is 8.03. The number of amides is 1. The van der Waals surface area contributed by atoms with Crippen LogP contribution in [0.4, 0.5) is 0 Å². The predicted octanol–water partition coefficient (Wildman–Crippen LogP) is 0.915. The van der Waals surface area contributed by atoms with E-state index in [0.717, 1.165) is 0 Å². The van der Waals surface area contributed by atoms with E-state index in [1.807, 2.05) is 0 Å². The standard InChI is InChI=1S/C10H11NO3/c1-6-3-8(14-2)4-7(5-12)9(6)10(11)13/h3-5H,1-2H3,(H2,11,13). The van der Waals surface area contributed by atoms with Gasteiger partial charge in [0.1, 0.15) is 5.75 Å². The number of methoxy groups -OCH3 is 1. The number of primary amides is 1. The number of aldehydes is 1. The minimum absolute atomic E-state index is 0.251. The Labute approximate surface area is 81.7 Å². The summed E-state index contributed by atoms with van der Waals surface area (Å²) in [6.07, 6.45) is 0.593. The molecule has 4 nitrogen and oxygen atoms in total. The van der Waals surface area contributed by atoms with Crippen molar-refractivity contribution in [3.8, 4) is 5.75 Å². The van der Waals surface area contributed by atoms with Crippen LogP contribution in [0.2, 0.25) is 0 Å². The molecule has 1 rings (SSSR count). The lowest BCUT2D eigenvalue weighted by atomic mass is 10.0. The highest BCUT2D eigenvalue weighted by atomic mass is 16.5. The maximum atomic E-state index is 11.0. The van der Waals surface area contributed by atoms with E-state index in [-0.39, 0.29) is 11.1 Å². The average molecular weight is 193 g/mol. The van der Waals surface area contributed by atoms with Crippen molar-refractivity contribution in [1.82, 2.24) is 0 Å². The summed E-state index contributed by atoms with van der Waals surface area (Å²) in [4.78, 5) is 21.7. The maximum absolute atomic E-state index is 11.0. The molecule has 0 unspecified atom stereocenters. The number of ether oxygens (including phenoxy) is 1. The Balaban J connectivity index is 3.42. The van der Waals surface area contributed by atoms with Crippen LogP contribution >= 0.6 is 0 Å². The van der Waals surface area contributed by atoms with E-state index in [0.29, 0.717) is 17.6 Å². The summed E-state index contributed by atoms with van der Waals surface area (Å²) in [5, 5.41) is 0. The van der Waals surface area contributed by atoms with Crippen molar-refractivity contribution in [2.45, 2.75) is 6.92 Å². The molecule has 74 valence electrons. The van der Waals surface area contributed by atoms with Gasteiger partial charge in [0.25, 0.3) is 0 Å². The second kappa shape index (κ2) is 3.91. The van der Waals surface area contributed by atoms with Gasteiger partial charge in [-0.25, -0.2) is 0 Å². The Kier molecular flexibility index (Phi) is 2.86. The van der Waals surface area contributed by atoms with E-state index >= 15 is 0 Å². The smallest absolute Gasteiger partial charge is 0.249 e. The molecule has 0 aliphatic rings. The molecule has 0 fully saturated rings. The van der Waals surface area contributed by atoms with Crippen LogP contribution in [-0.2, 0) is 0 Å². The SMILES string of the molecule is COc1cc(C)c(C(N)=O)c(C=O)c1. The number of aryl methyl sites for hydroxylation is 1. The van der Waals surface area contributed by atoms with Crippen LogP contribution in [0.3, 0.4) is 0 Å². The second-order valence-electron chi connectivity index (χ2n) is 2.89. The molecule has 1 amide bonds. The van der Waals surface area contributed by atoms with Gasteiger partial charge in [0.15, 0.2) is 6.29 Å². The summed E-state index contributed by atoms with van der Waals surface area (Å²) in [6.45, 7) is 1.70. The van der Waals surface area contributed by atoms with Gasteiger partial charge in [0, 0.05) is 5.56 Å². The van der Waals surface area contributed by atoms with Crippen molar-refractivity contribution in [2.24, 2.45) is 5.73 Å². The van der Waals surface area contributed by atoms with Crippen LogP contribution in [0.1, 0.15) is 26.3 Å². The number of nitrogens with two attached hydrogens (primary N) is 1. The zero-order valence-electron chi connectivity index (χ0n) is 8.03. The lowest BCUT2D eigenvalue weighted by molar-refractivity contribution is 0.0992. The highest BCUT2D eigenvalue weighted by molar-refractivity contribution is 6.02. The van der Waals surface area contributed by atoms with E-state index in [1.165, 1.54) is 13.2 Å². The van der Waals surface area contributed by atoms with Crippen molar-refractivity contribution in [1.29, 1.82) is 0 Å². The summed E-state index contributed by atoms with van der Waals surface area (Å²) in [5.41, 5.74) is 6.29. The number of hydrogen-bond acceptors (Lipinski definition) is 3. The van der Waals surface area contributed by atoms with Gasteiger partial charge in [0.05, 0.1) is 12.7 Å². The predicted molar refractivity (Wildman–Crippen MR) is 51.6 cm³/mol. The summed E-state index contributed by atoms with van der Waals surface area (Å²) in [7, 11) is 1.49. The van der Waals surface area contributed by atoms with Crippen LogP contribution in [0.25, 0.3) is 0 Å².